The molecule has 2 N–H and O–H groups in total. The van der Waals surface area contributed by atoms with Crippen molar-refractivity contribution in [2.75, 3.05) is 6.61 Å². The molecular formula is C17H14N2O4. The number of carbonyl (C=O) groups is 1. The minimum atomic E-state index is -0.636. The second-order valence-electron chi connectivity index (χ2n) is 4.76. The maximum atomic E-state index is 12.1. The number of aryl methyl sites for hydroxylation is 1. The van der Waals surface area contributed by atoms with Crippen LogP contribution in [0.25, 0.3) is 6.08 Å². The number of nitriles is 1. The summed E-state index contributed by atoms with van der Waals surface area (Å²) in [6, 6.07) is 9.98. The Kier molecular flexibility index (Phi) is 4.95. The van der Waals surface area contributed by atoms with Gasteiger partial charge in [0, 0.05) is 5.69 Å². The molecular weight excluding hydrogens is 296 g/mol. The number of aromatic nitrogens is 1. The molecule has 0 saturated heterocycles. The number of allylic oxidation sites excluding steroid dienone is 1. The molecule has 2 aromatic rings. The van der Waals surface area contributed by atoms with Crippen LogP contribution in [0.3, 0.4) is 0 Å². The molecule has 0 aliphatic heterocycles. The molecule has 0 saturated carbocycles. The van der Waals surface area contributed by atoms with Gasteiger partial charge in [0.1, 0.15) is 23.1 Å². The van der Waals surface area contributed by atoms with E-state index in [-0.39, 0.29) is 17.9 Å². The number of H-pyrrole nitrogens is 1. The fraction of sp³-hybridized carbons (Fsp3) is 0.118. The summed E-state index contributed by atoms with van der Waals surface area (Å²) in [7, 11) is 0. The summed E-state index contributed by atoms with van der Waals surface area (Å²) in [6.45, 7) is 1.54. The van der Waals surface area contributed by atoms with Gasteiger partial charge < -0.3 is 14.8 Å². The van der Waals surface area contributed by atoms with Crippen molar-refractivity contribution in [1.82, 2.24) is 4.98 Å². The standard InChI is InChI=1S/C17H14N2O4/c1-11-9-15(21)16(17(22)19-11)14(20)6-5-12-3-2-4-13(10-12)23-8-7-18/h2-6,9-10H,8H2,1H3,(H2,19,21,22). The number of aromatic hydroxyl groups is 1. The Balaban J connectivity index is 2.22. The zero-order chi connectivity index (χ0) is 16.8. The second-order valence-corrected chi connectivity index (χ2v) is 4.76. The van der Waals surface area contributed by atoms with Crippen molar-refractivity contribution in [3.8, 4) is 17.6 Å². The summed E-state index contributed by atoms with van der Waals surface area (Å²) >= 11 is 0. The first-order chi connectivity index (χ1) is 11.0. The summed E-state index contributed by atoms with van der Waals surface area (Å²) in [5.41, 5.74) is 0.194. The number of carbonyl (C=O) groups excluding carboxylic acids is 1. The average molecular weight is 310 g/mol. The number of ether oxygens (including phenoxy) is 1. The van der Waals surface area contributed by atoms with Crippen LogP contribution in [0.4, 0.5) is 0 Å². The van der Waals surface area contributed by atoms with E-state index in [1.54, 1.807) is 31.2 Å². The molecule has 6 nitrogen and oxygen atoms in total. The summed E-state index contributed by atoms with van der Waals surface area (Å²) in [4.78, 5) is 26.3. The van der Waals surface area contributed by atoms with Crippen molar-refractivity contribution in [3.05, 3.63) is 63.6 Å². The molecule has 23 heavy (non-hydrogen) atoms. The van der Waals surface area contributed by atoms with Crippen molar-refractivity contribution in [1.29, 1.82) is 5.26 Å². The van der Waals surface area contributed by atoms with E-state index < -0.39 is 11.3 Å². The highest BCUT2D eigenvalue weighted by Gasteiger charge is 2.13. The molecule has 0 spiro atoms. The van der Waals surface area contributed by atoms with Gasteiger partial charge in [-0.1, -0.05) is 18.2 Å². The minimum absolute atomic E-state index is 0.0707. The number of aromatic amines is 1. The zero-order valence-corrected chi connectivity index (χ0v) is 12.4. The van der Waals surface area contributed by atoms with Crippen LogP contribution < -0.4 is 10.3 Å². The zero-order valence-electron chi connectivity index (χ0n) is 12.4. The van der Waals surface area contributed by atoms with Gasteiger partial charge in [0.15, 0.2) is 12.4 Å². The second kappa shape index (κ2) is 7.09. The fourth-order valence-electron chi connectivity index (χ4n) is 1.99. The molecule has 0 atom stereocenters. The van der Waals surface area contributed by atoms with Gasteiger partial charge in [-0.25, -0.2) is 0 Å². The maximum absolute atomic E-state index is 12.1. The van der Waals surface area contributed by atoms with Crippen molar-refractivity contribution < 1.29 is 14.6 Å². The number of hydrogen-bond acceptors (Lipinski definition) is 5. The molecule has 0 aliphatic carbocycles. The molecule has 1 aromatic carbocycles. The van der Waals surface area contributed by atoms with Gasteiger partial charge in [-0.3, -0.25) is 9.59 Å². The highest BCUT2D eigenvalue weighted by molar-refractivity contribution is 6.08. The lowest BCUT2D eigenvalue weighted by Gasteiger charge is -2.03. The van der Waals surface area contributed by atoms with Crippen LogP contribution in [-0.4, -0.2) is 22.5 Å². The number of rotatable bonds is 5. The third-order valence-corrected chi connectivity index (χ3v) is 2.98. The van der Waals surface area contributed by atoms with Crippen molar-refractivity contribution in [2.24, 2.45) is 0 Å². The lowest BCUT2D eigenvalue weighted by molar-refractivity contribution is 0.104. The van der Waals surface area contributed by atoms with E-state index in [1.165, 1.54) is 18.2 Å². The van der Waals surface area contributed by atoms with Crippen molar-refractivity contribution in [3.63, 3.8) is 0 Å². The predicted molar refractivity (Wildman–Crippen MR) is 84.4 cm³/mol. The van der Waals surface area contributed by atoms with Crippen molar-refractivity contribution in [2.45, 2.75) is 6.92 Å². The molecule has 0 unspecified atom stereocenters. The highest BCUT2D eigenvalue weighted by atomic mass is 16.5. The normalized spacial score (nSPS) is 10.4. The lowest BCUT2D eigenvalue weighted by Crippen LogP contribution is -2.17. The molecule has 1 aromatic heterocycles. The Bertz CT molecular complexity index is 860. The first-order valence-corrected chi connectivity index (χ1v) is 6.76. The number of ketones is 1. The van der Waals surface area contributed by atoms with Crippen LogP contribution in [0.15, 0.2) is 41.2 Å². The third kappa shape index (κ3) is 4.08. The summed E-state index contributed by atoms with van der Waals surface area (Å²) < 4.78 is 5.16. The summed E-state index contributed by atoms with van der Waals surface area (Å²) in [5.74, 6) is -0.462. The van der Waals surface area contributed by atoms with E-state index in [4.69, 9.17) is 10.00 Å². The van der Waals surface area contributed by atoms with Gasteiger partial charge in [-0.2, -0.15) is 5.26 Å². The maximum Gasteiger partial charge on any atom is 0.263 e. The molecule has 0 radical (unpaired) electrons. The first-order valence-electron chi connectivity index (χ1n) is 6.76. The quantitative estimate of drug-likeness (QED) is 0.651. The van der Waals surface area contributed by atoms with Gasteiger partial charge in [-0.15, -0.1) is 0 Å². The number of benzene rings is 1. The molecule has 1 heterocycles. The van der Waals surface area contributed by atoms with Gasteiger partial charge in [0.05, 0.1) is 0 Å². The minimum Gasteiger partial charge on any atom is -0.507 e. The molecule has 2 rings (SSSR count). The van der Waals surface area contributed by atoms with Crippen LogP contribution >= 0.6 is 0 Å². The van der Waals surface area contributed by atoms with E-state index in [2.05, 4.69) is 4.98 Å². The van der Waals surface area contributed by atoms with E-state index in [0.717, 1.165) is 0 Å². The average Bonchev–Trinajstić information content (AvgIpc) is 2.50. The van der Waals surface area contributed by atoms with Crippen LogP contribution in [-0.2, 0) is 0 Å². The molecule has 116 valence electrons. The molecule has 0 aliphatic rings. The Morgan fingerprint density at radius 3 is 2.91 bits per heavy atom. The molecule has 6 heteroatoms. The Morgan fingerprint density at radius 1 is 1.43 bits per heavy atom. The predicted octanol–water partition coefficient (Wildman–Crippen LogP) is 2.19. The van der Waals surface area contributed by atoms with E-state index >= 15 is 0 Å². The smallest absolute Gasteiger partial charge is 0.263 e. The van der Waals surface area contributed by atoms with Gasteiger partial charge >= 0.3 is 0 Å². The fourth-order valence-corrected chi connectivity index (χ4v) is 1.99. The monoisotopic (exact) mass is 310 g/mol. The number of nitrogens with one attached hydrogen (secondary N) is 1. The van der Waals surface area contributed by atoms with Crippen molar-refractivity contribution >= 4 is 11.9 Å². The van der Waals surface area contributed by atoms with Gasteiger partial charge in [0.2, 0.25) is 0 Å². The van der Waals surface area contributed by atoms with Crippen LogP contribution in [0.5, 0.6) is 11.5 Å². The molecule has 0 fully saturated rings. The van der Waals surface area contributed by atoms with E-state index in [9.17, 15) is 14.7 Å². The number of nitrogens with zero attached hydrogens (tertiary/aromatic N) is 1. The SMILES string of the molecule is Cc1cc(O)c(C(=O)C=Cc2cccc(OCC#N)c2)c(=O)[nH]1. The topological polar surface area (TPSA) is 103 Å². The first kappa shape index (κ1) is 16.0. The van der Waals surface area contributed by atoms with Crippen LogP contribution in [0, 0.1) is 18.3 Å². The summed E-state index contributed by atoms with van der Waals surface area (Å²) in [6.07, 6.45) is 2.70. The Labute approximate surface area is 132 Å². The highest BCUT2D eigenvalue weighted by Crippen LogP contribution is 2.17. The molecule has 0 bridgehead atoms. The number of hydrogen-bond donors (Lipinski definition) is 2. The van der Waals surface area contributed by atoms with Crippen LogP contribution in [0.2, 0.25) is 0 Å². The van der Waals surface area contributed by atoms with E-state index in [1.807, 2.05) is 6.07 Å². The largest absolute Gasteiger partial charge is 0.507 e. The molecule has 0 amide bonds. The van der Waals surface area contributed by atoms with Crippen LogP contribution in [0.1, 0.15) is 21.6 Å². The Hall–Kier alpha value is -3.33. The lowest BCUT2D eigenvalue weighted by atomic mass is 10.1. The number of pyridine rings is 1. The van der Waals surface area contributed by atoms with Gasteiger partial charge in [-0.05, 0) is 36.8 Å². The summed E-state index contributed by atoms with van der Waals surface area (Å²) in [5, 5.41) is 18.2. The third-order valence-electron chi connectivity index (χ3n) is 2.98. The Morgan fingerprint density at radius 2 is 2.22 bits per heavy atom. The van der Waals surface area contributed by atoms with E-state index in [0.29, 0.717) is 17.0 Å². The van der Waals surface area contributed by atoms with Gasteiger partial charge in [0.25, 0.3) is 5.56 Å².